The standard InChI is InChI=1S/C11H14FNO2S/c1-7(2-5-11(14)15)16-10-6-8(12)3-4-9(10)13/h3-4,6-7H,2,5,13H2,1H3,(H,14,15). The van der Waals surface area contributed by atoms with Crippen LogP contribution in [0.25, 0.3) is 0 Å². The minimum atomic E-state index is -0.820. The summed E-state index contributed by atoms with van der Waals surface area (Å²) < 4.78 is 12.9. The molecule has 3 N–H and O–H groups in total. The highest BCUT2D eigenvalue weighted by molar-refractivity contribution is 8.00. The second-order valence-electron chi connectivity index (χ2n) is 3.54. The van der Waals surface area contributed by atoms with E-state index in [0.717, 1.165) is 0 Å². The summed E-state index contributed by atoms with van der Waals surface area (Å²) in [6, 6.07) is 4.19. The maximum Gasteiger partial charge on any atom is 0.303 e. The highest BCUT2D eigenvalue weighted by Crippen LogP contribution is 2.31. The maximum absolute atomic E-state index is 12.9. The van der Waals surface area contributed by atoms with Crippen molar-refractivity contribution < 1.29 is 14.3 Å². The summed E-state index contributed by atoms with van der Waals surface area (Å²) in [5.41, 5.74) is 6.21. The molecule has 0 saturated heterocycles. The molecule has 0 amide bonds. The van der Waals surface area contributed by atoms with E-state index in [1.165, 1.54) is 30.0 Å². The van der Waals surface area contributed by atoms with Crippen LogP contribution in [0.5, 0.6) is 0 Å². The van der Waals surface area contributed by atoms with E-state index < -0.39 is 5.97 Å². The highest BCUT2D eigenvalue weighted by Gasteiger charge is 2.10. The zero-order valence-corrected chi connectivity index (χ0v) is 9.76. The van der Waals surface area contributed by atoms with Crippen LogP contribution in [0.3, 0.4) is 0 Å². The van der Waals surface area contributed by atoms with Gasteiger partial charge in [0, 0.05) is 22.3 Å². The number of halogens is 1. The number of nitrogen functional groups attached to an aromatic ring is 1. The van der Waals surface area contributed by atoms with Crippen molar-refractivity contribution in [1.29, 1.82) is 0 Å². The van der Waals surface area contributed by atoms with E-state index in [0.29, 0.717) is 17.0 Å². The van der Waals surface area contributed by atoms with Crippen LogP contribution >= 0.6 is 11.8 Å². The minimum Gasteiger partial charge on any atom is -0.481 e. The molecule has 5 heteroatoms. The summed E-state index contributed by atoms with van der Waals surface area (Å²) in [6.07, 6.45) is 0.652. The lowest BCUT2D eigenvalue weighted by molar-refractivity contribution is -0.137. The van der Waals surface area contributed by atoms with E-state index in [9.17, 15) is 9.18 Å². The molecule has 0 spiro atoms. The van der Waals surface area contributed by atoms with Gasteiger partial charge in [-0.15, -0.1) is 11.8 Å². The van der Waals surface area contributed by atoms with Crippen LogP contribution in [0.1, 0.15) is 19.8 Å². The summed E-state index contributed by atoms with van der Waals surface area (Å²) in [5, 5.41) is 8.63. The number of hydrogen-bond acceptors (Lipinski definition) is 3. The molecule has 3 nitrogen and oxygen atoms in total. The number of carboxylic acids is 1. The van der Waals surface area contributed by atoms with Crippen LogP contribution in [-0.2, 0) is 4.79 Å². The predicted octanol–water partition coefficient (Wildman–Crippen LogP) is 2.75. The molecule has 88 valence electrons. The van der Waals surface area contributed by atoms with E-state index in [1.807, 2.05) is 6.92 Å². The third-order valence-corrected chi connectivity index (χ3v) is 3.31. The summed E-state index contributed by atoms with van der Waals surface area (Å²) in [5.74, 6) is -1.15. The first kappa shape index (κ1) is 12.8. The molecule has 1 aromatic carbocycles. The number of thioether (sulfide) groups is 1. The lowest BCUT2D eigenvalue weighted by atomic mass is 10.2. The normalized spacial score (nSPS) is 12.4. The second-order valence-corrected chi connectivity index (χ2v) is 5.02. The molecule has 0 aliphatic carbocycles. The molecule has 16 heavy (non-hydrogen) atoms. The summed E-state index contributed by atoms with van der Waals surface area (Å²) in [4.78, 5) is 11.0. The topological polar surface area (TPSA) is 63.3 Å². The monoisotopic (exact) mass is 243 g/mol. The summed E-state index contributed by atoms with van der Waals surface area (Å²) in [7, 11) is 0. The number of hydrogen-bond donors (Lipinski definition) is 2. The van der Waals surface area contributed by atoms with Gasteiger partial charge in [-0.05, 0) is 24.6 Å². The summed E-state index contributed by atoms with van der Waals surface area (Å²) >= 11 is 1.40. The van der Waals surface area contributed by atoms with Gasteiger partial charge < -0.3 is 10.8 Å². The number of carbonyl (C=O) groups is 1. The molecular weight excluding hydrogens is 229 g/mol. The Morgan fingerprint density at radius 1 is 1.62 bits per heavy atom. The number of anilines is 1. The second kappa shape index (κ2) is 5.75. The summed E-state index contributed by atoms with van der Waals surface area (Å²) in [6.45, 7) is 1.90. The third-order valence-electron chi connectivity index (χ3n) is 2.07. The Morgan fingerprint density at radius 2 is 2.31 bits per heavy atom. The fourth-order valence-corrected chi connectivity index (χ4v) is 2.27. The minimum absolute atomic E-state index is 0.0974. The van der Waals surface area contributed by atoms with E-state index in [-0.39, 0.29) is 17.5 Å². The van der Waals surface area contributed by atoms with Gasteiger partial charge in [-0.3, -0.25) is 4.79 Å². The van der Waals surface area contributed by atoms with Crippen molar-refractivity contribution in [2.45, 2.75) is 29.9 Å². The van der Waals surface area contributed by atoms with Gasteiger partial charge in [0.25, 0.3) is 0 Å². The Hall–Kier alpha value is -1.23. The highest BCUT2D eigenvalue weighted by atomic mass is 32.2. The first-order valence-corrected chi connectivity index (χ1v) is 5.80. The van der Waals surface area contributed by atoms with Gasteiger partial charge in [-0.2, -0.15) is 0 Å². The molecule has 0 aliphatic heterocycles. The van der Waals surface area contributed by atoms with E-state index >= 15 is 0 Å². The average Bonchev–Trinajstić information content (AvgIpc) is 2.20. The van der Waals surface area contributed by atoms with Crippen molar-refractivity contribution in [3.63, 3.8) is 0 Å². The van der Waals surface area contributed by atoms with Crippen molar-refractivity contribution in [2.24, 2.45) is 0 Å². The van der Waals surface area contributed by atoms with Crippen molar-refractivity contribution >= 4 is 23.4 Å². The molecule has 1 aromatic rings. The largest absolute Gasteiger partial charge is 0.481 e. The van der Waals surface area contributed by atoms with Gasteiger partial charge in [-0.1, -0.05) is 6.92 Å². The van der Waals surface area contributed by atoms with Crippen molar-refractivity contribution in [1.82, 2.24) is 0 Å². The molecule has 0 radical (unpaired) electrons. The van der Waals surface area contributed by atoms with Crippen LogP contribution in [0.15, 0.2) is 23.1 Å². The molecule has 1 rings (SSSR count). The molecule has 0 aromatic heterocycles. The zero-order chi connectivity index (χ0) is 12.1. The van der Waals surface area contributed by atoms with Crippen LogP contribution < -0.4 is 5.73 Å². The predicted molar refractivity (Wildman–Crippen MR) is 63.0 cm³/mol. The molecule has 0 heterocycles. The number of rotatable bonds is 5. The van der Waals surface area contributed by atoms with Crippen LogP contribution in [-0.4, -0.2) is 16.3 Å². The van der Waals surface area contributed by atoms with E-state index in [4.69, 9.17) is 10.8 Å². The molecule has 0 fully saturated rings. The molecule has 0 bridgehead atoms. The lowest BCUT2D eigenvalue weighted by Gasteiger charge is -2.11. The zero-order valence-electron chi connectivity index (χ0n) is 8.94. The molecule has 0 aliphatic rings. The fraction of sp³-hybridized carbons (Fsp3) is 0.364. The number of aliphatic carboxylic acids is 1. The molecular formula is C11H14FNO2S. The van der Waals surface area contributed by atoms with Gasteiger partial charge in [0.15, 0.2) is 0 Å². The van der Waals surface area contributed by atoms with Crippen LogP contribution in [0.2, 0.25) is 0 Å². The Balaban J connectivity index is 2.58. The van der Waals surface area contributed by atoms with Gasteiger partial charge in [0.05, 0.1) is 0 Å². The van der Waals surface area contributed by atoms with Crippen molar-refractivity contribution in [2.75, 3.05) is 5.73 Å². The fourth-order valence-electron chi connectivity index (χ4n) is 1.21. The Morgan fingerprint density at radius 3 is 2.94 bits per heavy atom. The van der Waals surface area contributed by atoms with Crippen LogP contribution in [0.4, 0.5) is 10.1 Å². The van der Waals surface area contributed by atoms with E-state index in [1.54, 1.807) is 0 Å². The first-order valence-electron chi connectivity index (χ1n) is 4.92. The number of nitrogens with two attached hydrogens (primary N) is 1. The van der Waals surface area contributed by atoms with Gasteiger partial charge in [-0.25, -0.2) is 4.39 Å². The van der Waals surface area contributed by atoms with Gasteiger partial charge in [0.1, 0.15) is 5.82 Å². The Bertz CT molecular complexity index is 384. The Labute approximate surface area is 97.8 Å². The Kier molecular flexibility index (Phi) is 4.61. The van der Waals surface area contributed by atoms with Crippen molar-refractivity contribution in [3.05, 3.63) is 24.0 Å². The molecule has 1 atom stereocenters. The smallest absolute Gasteiger partial charge is 0.303 e. The van der Waals surface area contributed by atoms with Gasteiger partial charge >= 0.3 is 5.97 Å². The van der Waals surface area contributed by atoms with Crippen molar-refractivity contribution in [3.8, 4) is 0 Å². The first-order chi connectivity index (χ1) is 7.49. The van der Waals surface area contributed by atoms with Crippen LogP contribution in [0, 0.1) is 5.82 Å². The third kappa shape index (κ3) is 4.10. The maximum atomic E-state index is 12.9. The SMILES string of the molecule is CC(CCC(=O)O)Sc1cc(F)ccc1N. The average molecular weight is 243 g/mol. The van der Waals surface area contributed by atoms with Gasteiger partial charge in [0.2, 0.25) is 0 Å². The lowest BCUT2D eigenvalue weighted by Crippen LogP contribution is -2.03. The molecule has 0 saturated carbocycles. The van der Waals surface area contributed by atoms with E-state index in [2.05, 4.69) is 0 Å². The number of benzene rings is 1. The quantitative estimate of drug-likeness (QED) is 0.616. The molecule has 1 unspecified atom stereocenters. The number of carboxylic acid groups (broad SMARTS) is 1.